The Balaban J connectivity index is 1.79. The minimum absolute atomic E-state index is 0.127. The Morgan fingerprint density at radius 3 is 2.08 bits per heavy atom. The maximum atomic E-state index is 14.1. The Morgan fingerprint density at radius 1 is 0.808 bits per heavy atom. The summed E-state index contributed by atoms with van der Waals surface area (Å²) in [5.41, 5.74) is 0.759. The zero-order valence-corrected chi connectivity index (χ0v) is 16.9. The van der Waals surface area contributed by atoms with Gasteiger partial charge in [-0.25, -0.2) is 4.39 Å². The molecule has 2 rings (SSSR count). The lowest BCUT2D eigenvalue weighted by Gasteiger charge is -2.09. The van der Waals surface area contributed by atoms with Crippen LogP contribution in [0.3, 0.4) is 0 Å². The van der Waals surface area contributed by atoms with Crippen molar-refractivity contribution >= 4 is 11.8 Å². The van der Waals surface area contributed by atoms with Crippen LogP contribution in [-0.4, -0.2) is 6.26 Å². The van der Waals surface area contributed by atoms with Crippen LogP contribution in [0.4, 0.5) is 4.39 Å². The number of halogens is 1. The van der Waals surface area contributed by atoms with Crippen molar-refractivity contribution in [3.63, 3.8) is 0 Å². The van der Waals surface area contributed by atoms with Crippen molar-refractivity contribution in [1.29, 1.82) is 0 Å². The van der Waals surface area contributed by atoms with Gasteiger partial charge in [-0.05, 0) is 67.1 Å². The lowest BCUT2D eigenvalue weighted by atomic mass is 10.0. The molecular formula is C23H31FOS. The first-order valence-electron chi connectivity index (χ1n) is 9.83. The molecule has 0 N–H and O–H groups in total. The van der Waals surface area contributed by atoms with Crippen LogP contribution >= 0.6 is 11.8 Å². The number of hydrogen-bond acceptors (Lipinski definition) is 2. The summed E-state index contributed by atoms with van der Waals surface area (Å²) in [6.07, 6.45) is 12.9. The molecule has 0 saturated heterocycles. The van der Waals surface area contributed by atoms with E-state index in [4.69, 9.17) is 4.74 Å². The molecule has 3 heteroatoms. The first-order chi connectivity index (χ1) is 12.7. The van der Waals surface area contributed by atoms with Gasteiger partial charge < -0.3 is 4.74 Å². The van der Waals surface area contributed by atoms with Gasteiger partial charge >= 0.3 is 0 Å². The molecular weight excluding hydrogens is 343 g/mol. The molecule has 0 spiro atoms. The summed E-state index contributed by atoms with van der Waals surface area (Å²) < 4.78 is 19.9. The summed E-state index contributed by atoms with van der Waals surface area (Å²) in [7, 11) is 0. The van der Waals surface area contributed by atoms with E-state index in [9.17, 15) is 4.39 Å². The fraction of sp³-hybridized carbons (Fsp3) is 0.478. The molecule has 2 aromatic rings. The van der Waals surface area contributed by atoms with Crippen LogP contribution in [0, 0.1) is 5.82 Å². The third-order valence-corrected chi connectivity index (χ3v) is 5.36. The van der Waals surface area contributed by atoms with Gasteiger partial charge in [0.05, 0.1) is 0 Å². The quantitative estimate of drug-likeness (QED) is 0.275. The maximum absolute atomic E-state index is 14.1. The fourth-order valence-electron chi connectivity index (χ4n) is 3.04. The summed E-state index contributed by atoms with van der Waals surface area (Å²) in [6, 6.07) is 13.0. The summed E-state index contributed by atoms with van der Waals surface area (Å²) in [4.78, 5) is 1.20. The summed E-state index contributed by atoms with van der Waals surface area (Å²) >= 11 is 1.70. The van der Waals surface area contributed by atoms with Crippen molar-refractivity contribution < 1.29 is 9.13 Å². The molecule has 0 radical (unpaired) electrons. The van der Waals surface area contributed by atoms with E-state index in [2.05, 4.69) is 6.92 Å². The molecule has 0 atom stereocenters. The number of thioether (sulfide) groups is 1. The smallest absolute Gasteiger partial charge is 0.127 e. The van der Waals surface area contributed by atoms with E-state index in [1.807, 2.05) is 36.6 Å². The standard InChI is InChI=1S/C23H31FOS/c1-3-4-5-6-7-8-9-10-11-19-18-21(14-17-23(19)24)25-20-12-15-22(26-2)16-13-20/h12-18H,3-11H2,1-2H3. The maximum Gasteiger partial charge on any atom is 0.127 e. The number of unbranched alkanes of at least 4 members (excludes halogenated alkanes) is 7. The van der Waals surface area contributed by atoms with Crippen molar-refractivity contribution in [2.75, 3.05) is 6.26 Å². The SMILES string of the molecule is CCCCCCCCCCc1cc(Oc2ccc(SC)cc2)ccc1F. The van der Waals surface area contributed by atoms with Crippen molar-refractivity contribution in [2.45, 2.75) is 69.6 Å². The van der Waals surface area contributed by atoms with Crippen molar-refractivity contribution in [3.05, 3.63) is 53.8 Å². The molecule has 0 fully saturated rings. The lowest BCUT2D eigenvalue weighted by Crippen LogP contribution is -1.93. The molecule has 142 valence electrons. The normalized spacial score (nSPS) is 10.9. The highest BCUT2D eigenvalue weighted by Crippen LogP contribution is 2.26. The fourth-order valence-corrected chi connectivity index (χ4v) is 3.44. The minimum atomic E-state index is -0.127. The number of rotatable bonds is 12. The van der Waals surface area contributed by atoms with E-state index in [0.29, 0.717) is 5.75 Å². The topological polar surface area (TPSA) is 9.23 Å². The zero-order chi connectivity index (χ0) is 18.6. The molecule has 0 unspecified atom stereocenters. The van der Waals surface area contributed by atoms with E-state index in [1.165, 1.54) is 55.9 Å². The van der Waals surface area contributed by atoms with Crippen LogP contribution in [0.5, 0.6) is 11.5 Å². The molecule has 0 heterocycles. The largest absolute Gasteiger partial charge is 0.457 e. The van der Waals surface area contributed by atoms with Crippen LogP contribution < -0.4 is 4.74 Å². The Labute approximate surface area is 162 Å². The van der Waals surface area contributed by atoms with Gasteiger partial charge in [-0.1, -0.05) is 51.9 Å². The summed E-state index contributed by atoms with van der Waals surface area (Å²) in [5.74, 6) is 1.36. The second-order valence-electron chi connectivity index (χ2n) is 6.76. The van der Waals surface area contributed by atoms with E-state index >= 15 is 0 Å². The molecule has 0 saturated carbocycles. The molecule has 1 nitrogen and oxygen atoms in total. The second kappa shape index (κ2) is 12.0. The van der Waals surface area contributed by atoms with Crippen LogP contribution in [0.15, 0.2) is 47.4 Å². The van der Waals surface area contributed by atoms with Crippen LogP contribution in [0.25, 0.3) is 0 Å². The number of benzene rings is 2. The third kappa shape index (κ3) is 7.41. The third-order valence-electron chi connectivity index (χ3n) is 4.61. The summed E-state index contributed by atoms with van der Waals surface area (Å²) in [5, 5.41) is 0. The average molecular weight is 375 g/mol. The highest BCUT2D eigenvalue weighted by Gasteiger charge is 2.06. The van der Waals surface area contributed by atoms with Crippen molar-refractivity contribution in [2.24, 2.45) is 0 Å². The van der Waals surface area contributed by atoms with Gasteiger partial charge in [-0.15, -0.1) is 11.8 Å². The van der Waals surface area contributed by atoms with Gasteiger partial charge in [0.1, 0.15) is 17.3 Å². The molecule has 0 amide bonds. The van der Waals surface area contributed by atoms with Crippen LogP contribution in [-0.2, 0) is 6.42 Å². The summed E-state index contributed by atoms with van der Waals surface area (Å²) in [6.45, 7) is 2.24. The highest BCUT2D eigenvalue weighted by atomic mass is 32.2. The van der Waals surface area contributed by atoms with E-state index < -0.39 is 0 Å². The number of hydrogen-bond donors (Lipinski definition) is 0. The Hall–Kier alpha value is -1.48. The molecule has 0 aromatic heterocycles. The molecule has 2 aromatic carbocycles. The molecule has 0 bridgehead atoms. The number of ether oxygens (including phenoxy) is 1. The zero-order valence-electron chi connectivity index (χ0n) is 16.1. The first-order valence-corrected chi connectivity index (χ1v) is 11.1. The van der Waals surface area contributed by atoms with E-state index in [1.54, 1.807) is 17.8 Å². The van der Waals surface area contributed by atoms with Gasteiger partial charge in [0.25, 0.3) is 0 Å². The van der Waals surface area contributed by atoms with Gasteiger partial charge in [-0.3, -0.25) is 0 Å². The molecule has 0 aliphatic heterocycles. The highest BCUT2D eigenvalue weighted by molar-refractivity contribution is 7.98. The van der Waals surface area contributed by atoms with Crippen molar-refractivity contribution in [3.8, 4) is 11.5 Å². The lowest BCUT2D eigenvalue weighted by molar-refractivity contribution is 0.478. The van der Waals surface area contributed by atoms with E-state index in [-0.39, 0.29) is 5.82 Å². The second-order valence-corrected chi connectivity index (χ2v) is 7.64. The first kappa shape index (κ1) is 20.8. The Kier molecular flexibility index (Phi) is 9.62. The predicted octanol–water partition coefficient (Wildman–Crippen LogP) is 8.02. The monoisotopic (exact) mass is 374 g/mol. The van der Waals surface area contributed by atoms with Crippen LogP contribution in [0.1, 0.15) is 63.9 Å². The van der Waals surface area contributed by atoms with Crippen molar-refractivity contribution in [1.82, 2.24) is 0 Å². The Morgan fingerprint density at radius 2 is 1.42 bits per heavy atom. The van der Waals surface area contributed by atoms with Gasteiger partial charge in [0, 0.05) is 4.90 Å². The van der Waals surface area contributed by atoms with Gasteiger partial charge in [0.2, 0.25) is 0 Å². The predicted molar refractivity (Wildman–Crippen MR) is 111 cm³/mol. The molecule has 26 heavy (non-hydrogen) atoms. The van der Waals surface area contributed by atoms with Gasteiger partial charge in [0.15, 0.2) is 0 Å². The van der Waals surface area contributed by atoms with Gasteiger partial charge in [-0.2, -0.15) is 0 Å². The molecule has 0 aliphatic rings. The molecule has 0 aliphatic carbocycles. The minimum Gasteiger partial charge on any atom is -0.457 e. The Bertz CT molecular complexity index is 639. The van der Waals surface area contributed by atoms with Crippen LogP contribution in [0.2, 0.25) is 0 Å². The average Bonchev–Trinajstić information content (AvgIpc) is 2.67. The number of aryl methyl sites for hydroxylation is 1. The van der Waals surface area contributed by atoms with E-state index in [0.717, 1.165) is 24.2 Å².